The van der Waals surface area contributed by atoms with Gasteiger partial charge in [-0.1, -0.05) is 245 Å². The van der Waals surface area contributed by atoms with Crippen molar-refractivity contribution in [2.24, 2.45) is 0 Å². The van der Waals surface area contributed by atoms with Crippen LogP contribution in [0.3, 0.4) is 0 Å². The average Bonchev–Trinajstić information content (AvgIpc) is 3.12. The van der Waals surface area contributed by atoms with Gasteiger partial charge in [0.1, 0.15) is 0 Å². The minimum atomic E-state index is 1.30. The second kappa shape index (κ2) is 45.1. The molecule has 2 heteroatoms. The lowest BCUT2D eigenvalue weighted by Gasteiger charge is -2.17. The van der Waals surface area contributed by atoms with Crippen LogP contribution in [0.15, 0.2) is 0 Å². The Bertz CT molecular complexity index is 527. The topological polar surface area (TPSA) is 6.48 Å². The fourth-order valence-corrected chi connectivity index (χ4v) is 7.91. The first kappa shape index (κ1) is 49.9. The number of hydrogen-bond acceptors (Lipinski definition) is 2. The molecule has 0 amide bonds. The van der Waals surface area contributed by atoms with Crippen LogP contribution in [-0.2, 0) is 0 Å². The van der Waals surface area contributed by atoms with E-state index in [2.05, 4.69) is 37.7 Å². The van der Waals surface area contributed by atoms with E-state index in [1.807, 2.05) is 0 Å². The van der Waals surface area contributed by atoms with Gasteiger partial charge in [-0.25, -0.2) is 0 Å². The van der Waals surface area contributed by atoms with Crippen molar-refractivity contribution in [2.45, 2.75) is 271 Å². The summed E-state index contributed by atoms with van der Waals surface area (Å²) in [6, 6.07) is 0. The first-order valence-electron chi connectivity index (χ1n) is 24.1. The lowest BCUT2D eigenvalue weighted by Crippen LogP contribution is -2.22. The zero-order valence-corrected chi connectivity index (χ0v) is 36.0. The highest BCUT2D eigenvalue weighted by Gasteiger charge is 2.02. The minimum absolute atomic E-state index is 1.30. The van der Waals surface area contributed by atoms with Crippen molar-refractivity contribution in [1.29, 1.82) is 0 Å². The molecule has 0 aromatic heterocycles. The van der Waals surface area contributed by atoms with Crippen LogP contribution in [0.1, 0.15) is 271 Å². The summed E-state index contributed by atoms with van der Waals surface area (Å²) in [6.45, 7) is 9.83. The predicted octanol–water partition coefficient (Wildman–Crippen LogP) is 16.5. The fourth-order valence-electron chi connectivity index (χ4n) is 7.91. The Morgan fingerprint density at radius 2 is 0.300 bits per heavy atom. The van der Waals surface area contributed by atoms with E-state index in [9.17, 15) is 0 Å². The second-order valence-corrected chi connectivity index (χ2v) is 17.0. The molecule has 2 nitrogen and oxygen atoms in total. The van der Waals surface area contributed by atoms with Crippen molar-refractivity contribution in [3.63, 3.8) is 0 Å². The Labute approximate surface area is 319 Å². The van der Waals surface area contributed by atoms with Crippen LogP contribution in [0.2, 0.25) is 0 Å². The minimum Gasteiger partial charge on any atom is -0.306 e. The van der Waals surface area contributed by atoms with Crippen molar-refractivity contribution in [3.8, 4) is 0 Å². The van der Waals surface area contributed by atoms with Crippen LogP contribution in [0, 0.1) is 0 Å². The van der Waals surface area contributed by atoms with Crippen molar-refractivity contribution < 1.29 is 0 Å². The SMILES string of the molecule is CCCCCCCCCCCCCCCCCCCCN(C)CCCCCCN(C)CCCCCCCCCCCCCCCCCCCC. The van der Waals surface area contributed by atoms with Gasteiger partial charge in [-0.05, 0) is 66.0 Å². The molecule has 50 heavy (non-hydrogen) atoms. The first-order valence-corrected chi connectivity index (χ1v) is 24.1. The summed E-state index contributed by atoms with van der Waals surface area (Å²) in [5.74, 6) is 0. The van der Waals surface area contributed by atoms with Gasteiger partial charge < -0.3 is 9.80 Å². The van der Waals surface area contributed by atoms with Crippen LogP contribution < -0.4 is 0 Å². The smallest absolute Gasteiger partial charge is 0.00218 e. The summed E-state index contributed by atoms with van der Waals surface area (Å²) in [4.78, 5) is 5.19. The van der Waals surface area contributed by atoms with Crippen molar-refractivity contribution in [1.82, 2.24) is 9.80 Å². The number of rotatable bonds is 45. The Hall–Kier alpha value is -0.0800. The molecule has 0 bridgehead atoms. The Balaban J connectivity index is 3.23. The van der Waals surface area contributed by atoms with Crippen LogP contribution in [-0.4, -0.2) is 50.1 Å². The van der Waals surface area contributed by atoms with E-state index in [-0.39, 0.29) is 0 Å². The third kappa shape index (κ3) is 44.1. The molecule has 0 heterocycles. The lowest BCUT2D eigenvalue weighted by atomic mass is 10.0. The molecule has 0 aliphatic heterocycles. The Morgan fingerprint density at radius 1 is 0.180 bits per heavy atom. The monoisotopic (exact) mass is 705 g/mol. The van der Waals surface area contributed by atoms with Crippen molar-refractivity contribution in [2.75, 3.05) is 40.3 Å². The third-order valence-corrected chi connectivity index (χ3v) is 11.6. The molecule has 0 aromatic rings. The summed E-state index contributed by atoms with van der Waals surface area (Å²) in [7, 11) is 4.70. The van der Waals surface area contributed by atoms with Gasteiger partial charge in [0.25, 0.3) is 0 Å². The van der Waals surface area contributed by atoms with Crippen LogP contribution in [0.5, 0.6) is 0 Å². The molecular weight excluding hydrogens is 605 g/mol. The number of unbranched alkanes of at least 4 members (excludes halogenated alkanes) is 37. The first-order chi connectivity index (χ1) is 24.7. The summed E-state index contributed by atoms with van der Waals surface area (Å²) in [6.07, 6.45) is 58.3. The molecular formula is C48H100N2. The van der Waals surface area contributed by atoms with Crippen molar-refractivity contribution >= 4 is 0 Å². The van der Waals surface area contributed by atoms with Gasteiger partial charge >= 0.3 is 0 Å². The average molecular weight is 705 g/mol. The largest absolute Gasteiger partial charge is 0.306 e. The van der Waals surface area contributed by atoms with E-state index >= 15 is 0 Å². The maximum absolute atomic E-state index is 2.59. The summed E-state index contributed by atoms with van der Waals surface area (Å²) >= 11 is 0. The fraction of sp³-hybridized carbons (Fsp3) is 1.00. The normalized spacial score (nSPS) is 11.9. The van der Waals surface area contributed by atoms with Gasteiger partial charge in [-0.2, -0.15) is 0 Å². The molecule has 0 aliphatic rings. The van der Waals surface area contributed by atoms with Gasteiger partial charge in [0.05, 0.1) is 0 Å². The van der Waals surface area contributed by atoms with E-state index in [1.165, 1.54) is 283 Å². The lowest BCUT2D eigenvalue weighted by molar-refractivity contribution is 0.301. The maximum Gasteiger partial charge on any atom is -0.00218 e. The molecule has 0 radical (unpaired) electrons. The van der Waals surface area contributed by atoms with Gasteiger partial charge in [0.15, 0.2) is 0 Å². The zero-order chi connectivity index (χ0) is 36.3. The van der Waals surface area contributed by atoms with Gasteiger partial charge in [-0.15, -0.1) is 0 Å². The zero-order valence-electron chi connectivity index (χ0n) is 36.0. The van der Waals surface area contributed by atoms with Crippen molar-refractivity contribution in [3.05, 3.63) is 0 Å². The van der Waals surface area contributed by atoms with E-state index in [0.29, 0.717) is 0 Å². The highest BCUT2D eigenvalue weighted by molar-refractivity contribution is 4.58. The van der Waals surface area contributed by atoms with Gasteiger partial charge in [0.2, 0.25) is 0 Å². The Kier molecular flexibility index (Phi) is 45.0. The Morgan fingerprint density at radius 3 is 0.440 bits per heavy atom. The molecule has 0 rings (SSSR count). The predicted molar refractivity (Wildman–Crippen MR) is 231 cm³/mol. The molecule has 0 saturated heterocycles. The molecule has 0 aliphatic carbocycles. The molecule has 0 fully saturated rings. The highest BCUT2D eigenvalue weighted by atomic mass is 15.1. The molecule has 0 N–H and O–H groups in total. The molecule has 0 unspecified atom stereocenters. The molecule has 302 valence electrons. The molecule has 0 spiro atoms. The maximum atomic E-state index is 2.59. The summed E-state index contributed by atoms with van der Waals surface area (Å²) < 4.78 is 0. The summed E-state index contributed by atoms with van der Waals surface area (Å²) in [5, 5.41) is 0. The van der Waals surface area contributed by atoms with Crippen LogP contribution in [0.25, 0.3) is 0 Å². The standard InChI is InChI=1S/C48H100N2/c1-5-7-9-11-13-15-17-19-21-23-25-27-29-31-33-35-37-41-45-49(3)47-43-39-40-44-48-50(4)46-42-38-36-34-32-30-28-26-24-22-20-18-16-14-12-10-8-6-2/h5-48H2,1-4H3. The van der Waals surface area contributed by atoms with Crippen LogP contribution in [0.4, 0.5) is 0 Å². The van der Waals surface area contributed by atoms with Gasteiger partial charge in [0, 0.05) is 0 Å². The number of hydrogen-bond donors (Lipinski definition) is 0. The van der Waals surface area contributed by atoms with E-state index < -0.39 is 0 Å². The second-order valence-electron chi connectivity index (χ2n) is 17.0. The van der Waals surface area contributed by atoms with Crippen LogP contribution >= 0.6 is 0 Å². The third-order valence-electron chi connectivity index (χ3n) is 11.6. The molecule has 0 atom stereocenters. The summed E-state index contributed by atoms with van der Waals surface area (Å²) in [5.41, 5.74) is 0. The molecule has 0 saturated carbocycles. The van der Waals surface area contributed by atoms with E-state index in [4.69, 9.17) is 0 Å². The van der Waals surface area contributed by atoms with E-state index in [1.54, 1.807) is 0 Å². The van der Waals surface area contributed by atoms with E-state index in [0.717, 1.165) is 0 Å². The highest BCUT2D eigenvalue weighted by Crippen LogP contribution is 2.16. The quantitative estimate of drug-likeness (QED) is 0.0582. The number of nitrogens with zero attached hydrogens (tertiary/aromatic N) is 2. The molecule has 0 aromatic carbocycles. The van der Waals surface area contributed by atoms with Gasteiger partial charge in [-0.3, -0.25) is 0 Å².